The molecule has 1 heterocycles. The molecule has 0 spiro atoms. The van der Waals surface area contributed by atoms with Crippen molar-refractivity contribution in [1.82, 2.24) is 5.32 Å². The fraction of sp³-hybridized carbons (Fsp3) is 0.370. The number of furan rings is 1. The van der Waals surface area contributed by atoms with Gasteiger partial charge in [-0.15, -0.1) is 0 Å². The molecule has 0 radical (unpaired) electrons. The summed E-state index contributed by atoms with van der Waals surface area (Å²) >= 11 is 0. The Balaban J connectivity index is 1.68. The standard InChI is InChI=1S/C27H31NO4/c1-18(14-27(29)28-19-10-6-4-5-7-11-19)21-15-22-23(17-32-26(22)16-25(21)31-3)20-12-8-9-13-24(20)30-2/h8-9,12-17,19H,4-7,10-11H2,1-3H3,(H,28,29)/b18-14+. The Labute approximate surface area is 189 Å². The molecule has 1 aliphatic carbocycles. The van der Waals surface area contributed by atoms with Crippen LogP contribution < -0.4 is 14.8 Å². The van der Waals surface area contributed by atoms with E-state index in [9.17, 15) is 4.79 Å². The molecule has 168 valence electrons. The molecule has 5 nitrogen and oxygen atoms in total. The maximum Gasteiger partial charge on any atom is 0.244 e. The lowest BCUT2D eigenvalue weighted by molar-refractivity contribution is -0.117. The summed E-state index contributed by atoms with van der Waals surface area (Å²) < 4.78 is 17.0. The second kappa shape index (κ2) is 9.94. The van der Waals surface area contributed by atoms with Crippen LogP contribution in [0.3, 0.4) is 0 Å². The van der Waals surface area contributed by atoms with Crippen molar-refractivity contribution < 1.29 is 18.7 Å². The number of methoxy groups -OCH3 is 2. The van der Waals surface area contributed by atoms with E-state index in [1.165, 1.54) is 25.7 Å². The van der Waals surface area contributed by atoms with Crippen molar-refractivity contribution in [2.24, 2.45) is 0 Å². The number of carbonyl (C=O) groups excluding carboxylic acids is 1. The van der Waals surface area contributed by atoms with Crippen molar-refractivity contribution in [2.45, 2.75) is 51.5 Å². The highest BCUT2D eigenvalue weighted by molar-refractivity contribution is 6.01. The minimum Gasteiger partial charge on any atom is -0.496 e. The Morgan fingerprint density at radius 3 is 2.44 bits per heavy atom. The van der Waals surface area contributed by atoms with Crippen LogP contribution in [0.25, 0.3) is 27.7 Å². The first-order valence-corrected chi connectivity index (χ1v) is 11.3. The number of allylic oxidation sites excluding steroid dienone is 1. The van der Waals surface area contributed by atoms with Gasteiger partial charge >= 0.3 is 0 Å². The monoisotopic (exact) mass is 433 g/mol. The number of ether oxygens (including phenoxy) is 2. The zero-order chi connectivity index (χ0) is 22.5. The van der Waals surface area contributed by atoms with Crippen molar-refractivity contribution in [3.8, 4) is 22.6 Å². The maximum absolute atomic E-state index is 12.7. The van der Waals surface area contributed by atoms with E-state index in [0.29, 0.717) is 5.75 Å². The molecule has 3 aromatic rings. The summed E-state index contributed by atoms with van der Waals surface area (Å²) in [6.45, 7) is 1.94. The fourth-order valence-electron chi connectivity index (χ4n) is 4.55. The molecule has 1 N–H and O–H groups in total. The first-order chi connectivity index (χ1) is 15.6. The molecular formula is C27H31NO4. The summed E-state index contributed by atoms with van der Waals surface area (Å²) in [5, 5.41) is 4.14. The van der Waals surface area contributed by atoms with Gasteiger partial charge in [-0.05, 0) is 37.5 Å². The van der Waals surface area contributed by atoms with Gasteiger partial charge in [0, 0.05) is 40.3 Å². The summed E-state index contributed by atoms with van der Waals surface area (Å²) in [6, 6.07) is 12.0. The Kier molecular flexibility index (Phi) is 6.84. The molecule has 0 aliphatic heterocycles. The predicted molar refractivity (Wildman–Crippen MR) is 128 cm³/mol. The summed E-state index contributed by atoms with van der Waals surface area (Å²) in [5.74, 6) is 1.41. The zero-order valence-electron chi connectivity index (χ0n) is 19.1. The van der Waals surface area contributed by atoms with Gasteiger partial charge in [-0.2, -0.15) is 0 Å². The number of benzene rings is 2. The molecule has 1 amide bonds. The molecule has 5 heteroatoms. The highest BCUT2D eigenvalue weighted by atomic mass is 16.5. The van der Waals surface area contributed by atoms with Crippen LogP contribution in [0, 0.1) is 0 Å². The molecule has 1 aliphatic rings. The topological polar surface area (TPSA) is 60.7 Å². The first kappa shape index (κ1) is 22.0. The van der Waals surface area contributed by atoms with Gasteiger partial charge in [0.1, 0.15) is 17.1 Å². The van der Waals surface area contributed by atoms with Gasteiger partial charge in [-0.25, -0.2) is 0 Å². The third kappa shape index (κ3) is 4.67. The van der Waals surface area contributed by atoms with E-state index in [1.54, 1.807) is 26.6 Å². The second-order valence-corrected chi connectivity index (χ2v) is 8.42. The van der Waals surface area contributed by atoms with E-state index >= 15 is 0 Å². The van der Waals surface area contributed by atoms with Crippen molar-refractivity contribution in [2.75, 3.05) is 14.2 Å². The van der Waals surface area contributed by atoms with Gasteiger partial charge in [0.05, 0.1) is 20.5 Å². The molecule has 32 heavy (non-hydrogen) atoms. The number of fused-ring (bicyclic) bond motifs is 1. The third-order valence-electron chi connectivity index (χ3n) is 6.27. The third-order valence-corrected chi connectivity index (χ3v) is 6.27. The fourth-order valence-corrected chi connectivity index (χ4v) is 4.55. The van der Waals surface area contributed by atoms with Gasteiger partial charge in [-0.1, -0.05) is 43.9 Å². The van der Waals surface area contributed by atoms with Crippen molar-refractivity contribution in [3.63, 3.8) is 0 Å². The summed E-state index contributed by atoms with van der Waals surface area (Å²) in [6.07, 6.45) is 10.4. The van der Waals surface area contributed by atoms with Crippen LogP contribution in [0.5, 0.6) is 11.5 Å². The lowest BCUT2D eigenvalue weighted by Gasteiger charge is -2.15. The molecule has 2 aromatic carbocycles. The largest absolute Gasteiger partial charge is 0.496 e. The molecule has 4 rings (SSSR count). The van der Waals surface area contributed by atoms with Crippen molar-refractivity contribution in [1.29, 1.82) is 0 Å². The number of amides is 1. The van der Waals surface area contributed by atoms with Crippen LogP contribution in [0.15, 0.2) is 53.2 Å². The average molecular weight is 434 g/mol. The Morgan fingerprint density at radius 2 is 1.72 bits per heavy atom. The molecular weight excluding hydrogens is 402 g/mol. The maximum atomic E-state index is 12.7. The number of hydrogen-bond acceptors (Lipinski definition) is 4. The van der Waals surface area contributed by atoms with Crippen molar-refractivity contribution >= 4 is 22.4 Å². The Hall–Kier alpha value is -3.21. The average Bonchev–Trinajstić information content (AvgIpc) is 3.05. The first-order valence-electron chi connectivity index (χ1n) is 11.3. The molecule has 0 unspecified atom stereocenters. The molecule has 1 aromatic heterocycles. The molecule has 1 fully saturated rings. The Morgan fingerprint density at radius 1 is 1.00 bits per heavy atom. The highest BCUT2D eigenvalue weighted by Crippen LogP contribution is 2.40. The minimum atomic E-state index is -0.0475. The molecule has 0 bridgehead atoms. The van der Waals surface area contributed by atoms with Gasteiger partial charge in [0.15, 0.2) is 0 Å². The SMILES string of the molecule is COc1cc2occ(-c3ccccc3OC)c2cc1/C(C)=C/C(=O)NC1CCCCCC1. The number of nitrogens with one attached hydrogen (secondary N) is 1. The summed E-state index contributed by atoms with van der Waals surface area (Å²) in [7, 11) is 3.29. The lowest BCUT2D eigenvalue weighted by Crippen LogP contribution is -2.33. The zero-order valence-corrected chi connectivity index (χ0v) is 19.1. The molecule has 1 saturated carbocycles. The smallest absolute Gasteiger partial charge is 0.244 e. The number of para-hydroxylation sites is 1. The minimum absolute atomic E-state index is 0.0475. The number of carbonyl (C=O) groups is 1. The van der Waals surface area contributed by atoms with E-state index in [-0.39, 0.29) is 11.9 Å². The second-order valence-electron chi connectivity index (χ2n) is 8.42. The van der Waals surface area contributed by atoms with E-state index in [0.717, 1.165) is 51.8 Å². The van der Waals surface area contributed by atoms with Gasteiger partial charge in [0.25, 0.3) is 0 Å². The predicted octanol–water partition coefficient (Wildman–Crippen LogP) is 6.36. The van der Waals surface area contributed by atoms with Crippen LogP contribution in [0.2, 0.25) is 0 Å². The summed E-state index contributed by atoms with van der Waals surface area (Å²) in [4.78, 5) is 12.7. The van der Waals surface area contributed by atoms with E-state index in [1.807, 2.05) is 43.3 Å². The quantitative estimate of drug-likeness (QED) is 0.363. The van der Waals surface area contributed by atoms with Crippen LogP contribution >= 0.6 is 0 Å². The van der Waals surface area contributed by atoms with Crippen LogP contribution in [-0.4, -0.2) is 26.2 Å². The normalized spacial score (nSPS) is 15.4. The van der Waals surface area contributed by atoms with Crippen LogP contribution in [0.1, 0.15) is 51.0 Å². The summed E-state index contributed by atoms with van der Waals surface area (Å²) in [5.41, 5.74) is 4.34. The molecule has 0 atom stereocenters. The molecule has 0 saturated heterocycles. The number of rotatable bonds is 6. The van der Waals surface area contributed by atoms with Crippen LogP contribution in [0.4, 0.5) is 0 Å². The van der Waals surface area contributed by atoms with Crippen LogP contribution in [-0.2, 0) is 4.79 Å². The highest BCUT2D eigenvalue weighted by Gasteiger charge is 2.18. The van der Waals surface area contributed by atoms with Crippen molar-refractivity contribution in [3.05, 3.63) is 54.3 Å². The van der Waals surface area contributed by atoms with Gasteiger partial charge in [-0.3, -0.25) is 4.79 Å². The Bertz CT molecular complexity index is 1120. The van der Waals surface area contributed by atoms with E-state index in [2.05, 4.69) is 5.32 Å². The van der Waals surface area contributed by atoms with Gasteiger partial charge in [0.2, 0.25) is 5.91 Å². The van der Waals surface area contributed by atoms with Gasteiger partial charge < -0.3 is 19.2 Å². The lowest BCUT2D eigenvalue weighted by atomic mass is 9.98. The van der Waals surface area contributed by atoms with E-state index in [4.69, 9.17) is 13.9 Å². The van der Waals surface area contributed by atoms with E-state index < -0.39 is 0 Å². The number of hydrogen-bond donors (Lipinski definition) is 1.